The van der Waals surface area contributed by atoms with Gasteiger partial charge in [0, 0.05) is 59.6 Å². The quantitative estimate of drug-likeness (QED) is 0.509. The van der Waals surface area contributed by atoms with Gasteiger partial charge in [0.2, 0.25) is 10.0 Å². The van der Waals surface area contributed by atoms with Crippen molar-refractivity contribution in [2.75, 3.05) is 57.5 Å². The van der Waals surface area contributed by atoms with Gasteiger partial charge in [0.05, 0.1) is 5.75 Å². The van der Waals surface area contributed by atoms with Crippen LogP contribution in [0.5, 0.6) is 0 Å². The van der Waals surface area contributed by atoms with Gasteiger partial charge in [-0.15, -0.1) is 0 Å². The highest BCUT2D eigenvalue weighted by Crippen LogP contribution is 2.14. The molecule has 0 atom stereocenters. The molecule has 1 fully saturated rings. The lowest BCUT2D eigenvalue weighted by Gasteiger charge is -2.34. The number of guanidine groups is 1. The molecule has 0 unspecified atom stereocenters. The Kier molecular flexibility index (Phi) is 7.80. The summed E-state index contributed by atoms with van der Waals surface area (Å²) in [7, 11) is 0.0773. The molecule has 8 nitrogen and oxygen atoms in total. The maximum Gasteiger partial charge on any atom is 0.215 e. The first kappa shape index (κ1) is 23.0. The zero-order valence-corrected chi connectivity index (χ0v) is 18.7. The number of aromatic nitrogens is 1. The molecular formula is C21H29FN6O2S. The van der Waals surface area contributed by atoms with Crippen molar-refractivity contribution in [1.82, 2.24) is 19.5 Å². The highest BCUT2D eigenvalue weighted by atomic mass is 32.2. The van der Waals surface area contributed by atoms with Crippen molar-refractivity contribution >= 4 is 21.8 Å². The van der Waals surface area contributed by atoms with Crippen molar-refractivity contribution in [2.45, 2.75) is 6.54 Å². The summed E-state index contributed by atoms with van der Waals surface area (Å²) in [4.78, 5) is 12.4. The van der Waals surface area contributed by atoms with Gasteiger partial charge in [-0.1, -0.05) is 18.2 Å². The average molecular weight is 449 g/mol. The van der Waals surface area contributed by atoms with Crippen molar-refractivity contribution in [3.8, 4) is 0 Å². The van der Waals surface area contributed by atoms with Crippen molar-refractivity contribution in [3.63, 3.8) is 0 Å². The van der Waals surface area contributed by atoms with E-state index in [4.69, 9.17) is 0 Å². The van der Waals surface area contributed by atoms with Gasteiger partial charge in [-0.25, -0.2) is 17.8 Å². The lowest BCUT2D eigenvalue weighted by molar-refractivity contribution is 0.383. The third-order valence-corrected chi connectivity index (χ3v) is 7.00. The molecule has 0 spiro atoms. The van der Waals surface area contributed by atoms with Crippen molar-refractivity contribution in [3.05, 3.63) is 60.0 Å². The SMILES string of the molecule is CN=C(NCCS(=O)(=O)N1CCN(c2ccccn2)CC1)N(C)Cc1cccc(F)c1. The van der Waals surface area contributed by atoms with Crippen LogP contribution in [0.4, 0.5) is 10.2 Å². The smallest absolute Gasteiger partial charge is 0.215 e. The van der Waals surface area contributed by atoms with Crippen LogP contribution in [-0.4, -0.2) is 81.1 Å². The zero-order chi connectivity index (χ0) is 22.3. The summed E-state index contributed by atoms with van der Waals surface area (Å²) in [6, 6.07) is 12.1. The highest BCUT2D eigenvalue weighted by Gasteiger charge is 2.27. The van der Waals surface area contributed by atoms with Crippen molar-refractivity contribution in [1.29, 1.82) is 0 Å². The van der Waals surface area contributed by atoms with E-state index in [0.717, 1.165) is 11.4 Å². The second kappa shape index (κ2) is 10.5. The van der Waals surface area contributed by atoms with Gasteiger partial charge >= 0.3 is 0 Å². The molecule has 2 heterocycles. The minimum absolute atomic E-state index is 0.0244. The summed E-state index contributed by atoms with van der Waals surface area (Å²) >= 11 is 0. The molecule has 1 N–H and O–H groups in total. The molecular weight excluding hydrogens is 419 g/mol. The molecule has 0 bridgehead atoms. The van der Waals surface area contributed by atoms with Crippen molar-refractivity contribution in [2.24, 2.45) is 4.99 Å². The average Bonchev–Trinajstić information content (AvgIpc) is 2.77. The second-order valence-electron chi connectivity index (χ2n) is 7.35. The van der Waals surface area contributed by atoms with Gasteiger partial charge in [0.1, 0.15) is 11.6 Å². The molecule has 0 saturated carbocycles. The highest BCUT2D eigenvalue weighted by molar-refractivity contribution is 7.89. The molecule has 0 radical (unpaired) electrons. The standard InChI is InChI=1S/C21H29FN6O2S/c1-23-21(26(2)17-18-6-5-7-19(22)16-18)25-10-15-31(29,30)28-13-11-27(12-14-28)20-8-3-4-9-24-20/h3-9,16H,10-15,17H2,1-2H3,(H,23,25). The number of aliphatic imine (C=N–C) groups is 1. The Morgan fingerprint density at radius 1 is 1.19 bits per heavy atom. The van der Waals surface area contributed by atoms with Gasteiger partial charge < -0.3 is 15.1 Å². The van der Waals surface area contributed by atoms with E-state index in [1.807, 2.05) is 36.2 Å². The Bertz CT molecular complexity index is 978. The van der Waals surface area contributed by atoms with Crippen LogP contribution in [0.1, 0.15) is 5.56 Å². The maximum atomic E-state index is 13.4. The zero-order valence-electron chi connectivity index (χ0n) is 17.9. The number of hydrogen-bond donors (Lipinski definition) is 1. The monoisotopic (exact) mass is 448 g/mol. The number of halogens is 1. The van der Waals surface area contributed by atoms with E-state index in [-0.39, 0.29) is 18.1 Å². The number of sulfonamides is 1. The molecule has 1 aromatic carbocycles. The molecule has 2 aromatic rings. The normalized spacial score (nSPS) is 15.7. The van der Waals surface area contributed by atoms with Crippen LogP contribution in [0, 0.1) is 5.82 Å². The third-order valence-electron chi connectivity index (χ3n) is 5.13. The molecule has 1 aromatic heterocycles. The first-order valence-electron chi connectivity index (χ1n) is 10.2. The van der Waals surface area contributed by atoms with Crippen LogP contribution in [0.15, 0.2) is 53.7 Å². The Hall–Kier alpha value is -2.72. The summed E-state index contributed by atoms with van der Waals surface area (Å²) in [5.74, 6) is 1.11. The van der Waals surface area contributed by atoms with Gasteiger partial charge in [-0.05, 0) is 29.8 Å². The molecule has 0 amide bonds. The number of anilines is 1. The van der Waals surface area contributed by atoms with E-state index < -0.39 is 10.0 Å². The lowest BCUT2D eigenvalue weighted by Crippen LogP contribution is -2.50. The first-order chi connectivity index (χ1) is 14.9. The Morgan fingerprint density at radius 2 is 1.97 bits per heavy atom. The molecule has 0 aliphatic carbocycles. The van der Waals surface area contributed by atoms with E-state index in [2.05, 4.69) is 20.2 Å². The molecule has 10 heteroatoms. The van der Waals surface area contributed by atoms with Crippen LogP contribution < -0.4 is 10.2 Å². The molecule has 1 aliphatic rings. The second-order valence-corrected chi connectivity index (χ2v) is 9.44. The van der Waals surface area contributed by atoms with E-state index >= 15 is 0 Å². The van der Waals surface area contributed by atoms with Crippen LogP contribution >= 0.6 is 0 Å². The van der Waals surface area contributed by atoms with Crippen LogP contribution in [0.25, 0.3) is 0 Å². The predicted molar refractivity (Wildman–Crippen MR) is 121 cm³/mol. The first-order valence-corrected chi connectivity index (χ1v) is 11.8. The molecule has 3 rings (SSSR count). The number of rotatable bonds is 7. The van der Waals surface area contributed by atoms with Gasteiger partial charge in [-0.2, -0.15) is 4.31 Å². The topological polar surface area (TPSA) is 81.1 Å². The largest absolute Gasteiger partial charge is 0.355 e. The van der Waals surface area contributed by atoms with Gasteiger partial charge in [0.25, 0.3) is 0 Å². The summed E-state index contributed by atoms with van der Waals surface area (Å²) < 4.78 is 40.4. The minimum Gasteiger partial charge on any atom is -0.355 e. The number of nitrogens with zero attached hydrogens (tertiary/aromatic N) is 5. The van der Waals surface area contributed by atoms with E-state index in [0.29, 0.717) is 38.7 Å². The van der Waals surface area contributed by atoms with Crippen LogP contribution in [0.3, 0.4) is 0 Å². The number of benzene rings is 1. The maximum absolute atomic E-state index is 13.4. The van der Waals surface area contributed by atoms with E-state index in [1.165, 1.54) is 16.4 Å². The van der Waals surface area contributed by atoms with Crippen molar-refractivity contribution < 1.29 is 12.8 Å². The van der Waals surface area contributed by atoms with Crippen LogP contribution in [0.2, 0.25) is 0 Å². The number of pyridine rings is 1. The summed E-state index contributed by atoms with van der Waals surface area (Å²) in [5.41, 5.74) is 0.809. The Labute approximate surface area is 183 Å². The predicted octanol–water partition coefficient (Wildman–Crippen LogP) is 1.38. The summed E-state index contributed by atoms with van der Waals surface area (Å²) in [5, 5.41) is 3.09. The van der Waals surface area contributed by atoms with Gasteiger partial charge in [0.15, 0.2) is 5.96 Å². The summed E-state index contributed by atoms with van der Waals surface area (Å²) in [6.07, 6.45) is 1.74. The number of piperazine rings is 1. The number of hydrogen-bond acceptors (Lipinski definition) is 5. The summed E-state index contributed by atoms with van der Waals surface area (Å²) in [6.45, 7) is 2.80. The third kappa shape index (κ3) is 6.38. The van der Waals surface area contributed by atoms with E-state index in [1.54, 1.807) is 19.3 Å². The fourth-order valence-electron chi connectivity index (χ4n) is 3.53. The minimum atomic E-state index is -3.38. The Morgan fingerprint density at radius 3 is 2.61 bits per heavy atom. The molecule has 31 heavy (non-hydrogen) atoms. The molecule has 1 saturated heterocycles. The van der Waals surface area contributed by atoms with Crippen LogP contribution in [-0.2, 0) is 16.6 Å². The molecule has 1 aliphatic heterocycles. The number of nitrogens with one attached hydrogen (secondary N) is 1. The fourth-order valence-corrected chi connectivity index (χ4v) is 4.86. The van der Waals surface area contributed by atoms with E-state index in [9.17, 15) is 12.8 Å². The van der Waals surface area contributed by atoms with Gasteiger partial charge in [-0.3, -0.25) is 4.99 Å². The molecule has 168 valence electrons. The lowest BCUT2D eigenvalue weighted by atomic mass is 10.2. The Balaban J connectivity index is 1.47. The fraction of sp³-hybridized carbons (Fsp3) is 0.429.